The van der Waals surface area contributed by atoms with Crippen LogP contribution in [-0.4, -0.2) is 25.9 Å². The van der Waals surface area contributed by atoms with Crippen molar-refractivity contribution in [1.29, 1.82) is 0 Å². The molecular weight excluding hydrogens is 456 g/mol. The molecule has 0 aliphatic heterocycles. The second-order valence-corrected chi connectivity index (χ2v) is 10.2. The number of benzene rings is 1. The largest absolute Gasteiger partial charge is 0.446 e. The Balaban J connectivity index is 2.27. The highest BCUT2D eigenvalue weighted by molar-refractivity contribution is 7.81. The van der Waals surface area contributed by atoms with E-state index in [9.17, 15) is 16.8 Å². The Hall–Kier alpha value is -1.36. The van der Waals surface area contributed by atoms with Gasteiger partial charge in [0, 0.05) is 6.07 Å². The third-order valence-electron chi connectivity index (χ3n) is 5.16. The van der Waals surface area contributed by atoms with Crippen LogP contribution in [-0.2, 0) is 27.2 Å². The van der Waals surface area contributed by atoms with Gasteiger partial charge in [-0.15, -0.1) is 0 Å². The van der Waals surface area contributed by atoms with E-state index in [0.29, 0.717) is 12.0 Å². The fourth-order valence-electron chi connectivity index (χ4n) is 3.64. The summed E-state index contributed by atoms with van der Waals surface area (Å²) in [6, 6.07) is 3.72. The summed E-state index contributed by atoms with van der Waals surface area (Å²) in [5.41, 5.74) is 0.573. The Kier molecular flexibility index (Phi) is 13.9. The molecule has 0 radical (unpaired) electrons. The number of hydrogen-bond donors (Lipinski definition) is 2. The molecule has 0 saturated heterocycles. The third kappa shape index (κ3) is 16.3. The summed E-state index contributed by atoms with van der Waals surface area (Å²) in [6.07, 6.45) is 17.8. The number of hydrogen-bond acceptors (Lipinski definition) is 6. The van der Waals surface area contributed by atoms with Gasteiger partial charge in [0.05, 0.1) is 0 Å². The smallest absolute Gasteiger partial charge is 0.362 e. The van der Waals surface area contributed by atoms with E-state index in [1.807, 2.05) is 0 Å². The quantitative estimate of drug-likeness (QED) is 0.175. The normalized spacial score (nSPS) is 12.1. The van der Waals surface area contributed by atoms with E-state index in [1.165, 1.54) is 82.8 Å². The van der Waals surface area contributed by atoms with Crippen molar-refractivity contribution < 1.29 is 34.3 Å². The zero-order valence-corrected chi connectivity index (χ0v) is 20.6. The predicted octanol–water partition coefficient (Wildman–Crippen LogP) is 6.07. The second kappa shape index (κ2) is 15.5. The molecule has 2 N–H and O–H groups in total. The molecule has 0 saturated carbocycles. The molecular formula is C22H38O8S2. The van der Waals surface area contributed by atoms with Crippen LogP contribution in [0.3, 0.4) is 0 Å². The molecule has 0 spiro atoms. The molecule has 0 aliphatic carbocycles. The molecule has 186 valence electrons. The molecule has 0 atom stereocenters. The average molecular weight is 495 g/mol. The SMILES string of the molecule is CCCCCCCCCCCCCCCCc1cc(OS(=O)(=O)O)cc(OS(=O)(=O)O)c1. The molecule has 0 aliphatic rings. The van der Waals surface area contributed by atoms with Gasteiger partial charge in [0.1, 0.15) is 11.5 Å². The topological polar surface area (TPSA) is 127 Å². The minimum atomic E-state index is -4.77. The Morgan fingerprint density at radius 2 is 0.938 bits per heavy atom. The fourth-order valence-corrected chi connectivity index (χ4v) is 4.32. The highest BCUT2D eigenvalue weighted by atomic mass is 32.3. The molecule has 1 rings (SSSR count). The highest BCUT2D eigenvalue weighted by Gasteiger charge is 2.14. The Morgan fingerprint density at radius 1 is 0.594 bits per heavy atom. The Bertz CT molecular complexity index is 798. The minimum absolute atomic E-state index is 0.297. The van der Waals surface area contributed by atoms with Gasteiger partial charge in [-0.1, -0.05) is 90.4 Å². The van der Waals surface area contributed by atoms with Gasteiger partial charge in [-0.25, -0.2) is 0 Å². The highest BCUT2D eigenvalue weighted by Crippen LogP contribution is 2.26. The van der Waals surface area contributed by atoms with Crippen LogP contribution in [0.4, 0.5) is 0 Å². The van der Waals surface area contributed by atoms with Crippen LogP contribution in [0, 0.1) is 0 Å². The predicted molar refractivity (Wildman–Crippen MR) is 125 cm³/mol. The molecule has 32 heavy (non-hydrogen) atoms. The van der Waals surface area contributed by atoms with E-state index in [2.05, 4.69) is 15.3 Å². The summed E-state index contributed by atoms with van der Waals surface area (Å²) in [5.74, 6) is -0.594. The van der Waals surface area contributed by atoms with Gasteiger partial charge >= 0.3 is 20.8 Å². The van der Waals surface area contributed by atoms with Gasteiger partial charge in [-0.05, 0) is 30.5 Å². The van der Waals surface area contributed by atoms with E-state index >= 15 is 0 Å². The van der Waals surface area contributed by atoms with Crippen molar-refractivity contribution in [3.63, 3.8) is 0 Å². The summed E-state index contributed by atoms with van der Waals surface area (Å²) in [6.45, 7) is 2.23. The summed E-state index contributed by atoms with van der Waals surface area (Å²) < 4.78 is 70.2. The summed E-state index contributed by atoms with van der Waals surface area (Å²) in [4.78, 5) is 0. The number of unbranched alkanes of at least 4 members (excludes halogenated alkanes) is 13. The maximum absolute atomic E-state index is 10.9. The van der Waals surface area contributed by atoms with Crippen LogP contribution in [0.1, 0.15) is 102 Å². The molecule has 0 unspecified atom stereocenters. The van der Waals surface area contributed by atoms with Crippen LogP contribution < -0.4 is 8.37 Å². The molecule has 0 aromatic heterocycles. The molecule has 0 amide bonds. The lowest BCUT2D eigenvalue weighted by Crippen LogP contribution is -2.09. The van der Waals surface area contributed by atoms with Crippen molar-refractivity contribution in [2.45, 2.75) is 103 Å². The molecule has 1 aromatic rings. The second-order valence-electron chi connectivity index (χ2n) is 8.18. The first-order valence-electron chi connectivity index (χ1n) is 11.6. The van der Waals surface area contributed by atoms with E-state index < -0.39 is 20.8 Å². The van der Waals surface area contributed by atoms with E-state index in [1.54, 1.807) is 0 Å². The van der Waals surface area contributed by atoms with Gasteiger partial charge in [-0.3, -0.25) is 9.11 Å². The summed E-state index contributed by atoms with van der Waals surface area (Å²) >= 11 is 0. The van der Waals surface area contributed by atoms with Gasteiger partial charge in [0.15, 0.2) is 0 Å². The Morgan fingerprint density at radius 3 is 1.28 bits per heavy atom. The van der Waals surface area contributed by atoms with E-state index in [4.69, 9.17) is 9.11 Å². The van der Waals surface area contributed by atoms with Gasteiger partial charge in [0.25, 0.3) is 0 Å². The van der Waals surface area contributed by atoms with Crippen molar-refractivity contribution in [1.82, 2.24) is 0 Å². The lowest BCUT2D eigenvalue weighted by atomic mass is 10.0. The lowest BCUT2D eigenvalue weighted by Gasteiger charge is -2.09. The fraction of sp³-hybridized carbons (Fsp3) is 0.727. The third-order valence-corrected chi connectivity index (χ3v) is 5.97. The molecule has 0 heterocycles. The number of rotatable bonds is 19. The first kappa shape index (κ1) is 28.7. The van der Waals surface area contributed by atoms with Crippen molar-refractivity contribution in [3.8, 4) is 11.5 Å². The zero-order valence-electron chi connectivity index (χ0n) is 19.0. The molecule has 10 heteroatoms. The number of aryl methyl sites for hydroxylation is 1. The molecule has 1 aromatic carbocycles. The summed E-state index contributed by atoms with van der Waals surface area (Å²) in [7, 11) is -9.54. The zero-order chi connectivity index (χ0) is 23.9. The molecule has 0 fully saturated rings. The van der Waals surface area contributed by atoms with Crippen LogP contribution in [0.2, 0.25) is 0 Å². The van der Waals surface area contributed by atoms with Crippen LogP contribution in [0.25, 0.3) is 0 Å². The monoisotopic (exact) mass is 494 g/mol. The van der Waals surface area contributed by atoms with Gasteiger partial charge in [-0.2, -0.15) is 16.8 Å². The average Bonchev–Trinajstić information content (AvgIpc) is 2.65. The first-order valence-corrected chi connectivity index (χ1v) is 14.3. The van der Waals surface area contributed by atoms with Crippen molar-refractivity contribution in [2.24, 2.45) is 0 Å². The minimum Gasteiger partial charge on any atom is -0.362 e. The lowest BCUT2D eigenvalue weighted by molar-refractivity contribution is 0.381. The van der Waals surface area contributed by atoms with Crippen molar-refractivity contribution >= 4 is 20.8 Å². The first-order chi connectivity index (χ1) is 15.1. The standard InChI is InChI=1S/C22H38O8S2/c1-2-3-4-5-6-7-8-9-10-11-12-13-14-15-16-20-17-21(29-31(23,24)25)19-22(18-20)30-32(26,27)28/h17-19H,2-16H2,1H3,(H,23,24,25)(H,26,27,28). The maximum atomic E-state index is 10.9. The van der Waals surface area contributed by atoms with Crippen LogP contribution in [0.5, 0.6) is 11.5 Å². The summed E-state index contributed by atoms with van der Waals surface area (Å²) in [5, 5.41) is 0. The van der Waals surface area contributed by atoms with Crippen LogP contribution in [0.15, 0.2) is 18.2 Å². The Labute approximate surface area is 193 Å². The van der Waals surface area contributed by atoms with E-state index in [-0.39, 0.29) is 11.5 Å². The van der Waals surface area contributed by atoms with Gasteiger partial charge < -0.3 is 8.37 Å². The van der Waals surface area contributed by atoms with Crippen molar-refractivity contribution in [3.05, 3.63) is 23.8 Å². The molecule has 0 bridgehead atoms. The van der Waals surface area contributed by atoms with E-state index in [0.717, 1.165) is 25.3 Å². The van der Waals surface area contributed by atoms with Crippen LogP contribution >= 0.6 is 0 Å². The van der Waals surface area contributed by atoms with Gasteiger partial charge in [0.2, 0.25) is 0 Å². The molecule has 8 nitrogen and oxygen atoms in total. The maximum Gasteiger partial charge on any atom is 0.446 e. The van der Waals surface area contributed by atoms with Crippen molar-refractivity contribution in [2.75, 3.05) is 0 Å².